The largest absolute Gasteiger partial charge is 0.481 e. The van der Waals surface area contributed by atoms with Gasteiger partial charge in [-0.3, -0.25) is 4.79 Å². The number of nitrogens with one attached hydrogen (secondary N) is 1. The molecule has 2 heterocycles. The predicted octanol–water partition coefficient (Wildman–Crippen LogP) is 4.85. The van der Waals surface area contributed by atoms with Crippen LogP contribution in [0.15, 0.2) is 48.7 Å². The average molecular weight is 519 g/mol. The number of aliphatic hydroxyl groups is 2. The molecule has 4 N–H and O–H groups in total. The Morgan fingerprint density at radius 2 is 1.89 bits per heavy atom. The summed E-state index contributed by atoms with van der Waals surface area (Å²) in [5.74, 6) is -0.273. The Morgan fingerprint density at radius 3 is 2.51 bits per heavy atom. The maximum atomic E-state index is 13.6. The molecule has 37 heavy (non-hydrogen) atoms. The summed E-state index contributed by atoms with van der Waals surface area (Å²) in [7, 11) is 1.70. The first kappa shape index (κ1) is 27.9. The molecule has 11 heteroatoms. The zero-order chi connectivity index (χ0) is 27.3. The van der Waals surface area contributed by atoms with Gasteiger partial charge in [-0.15, -0.1) is 0 Å². The van der Waals surface area contributed by atoms with Crippen molar-refractivity contribution in [1.82, 2.24) is 14.5 Å². The smallest absolute Gasteiger partial charge is 0.416 e. The van der Waals surface area contributed by atoms with Crippen LogP contribution >= 0.6 is 0 Å². The first-order valence-electron chi connectivity index (χ1n) is 11.6. The fourth-order valence-electron chi connectivity index (χ4n) is 3.87. The fourth-order valence-corrected chi connectivity index (χ4v) is 3.87. The summed E-state index contributed by atoms with van der Waals surface area (Å²) in [6.45, 7) is 3.76. The van der Waals surface area contributed by atoms with Crippen LogP contribution in [-0.4, -0.2) is 55.1 Å². The Bertz CT molecular complexity index is 1270. The maximum absolute atomic E-state index is 13.6. The van der Waals surface area contributed by atoms with E-state index in [1.54, 1.807) is 36.0 Å². The fraction of sp³-hybridized carbons (Fsp3) is 0.346. The Morgan fingerprint density at radius 1 is 1.16 bits per heavy atom. The number of rotatable bonds is 10. The van der Waals surface area contributed by atoms with Gasteiger partial charge in [0.15, 0.2) is 0 Å². The number of alkyl halides is 3. The van der Waals surface area contributed by atoms with Gasteiger partial charge in [0, 0.05) is 42.9 Å². The second-order valence-electron chi connectivity index (χ2n) is 8.85. The van der Waals surface area contributed by atoms with Crippen molar-refractivity contribution in [3.8, 4) is 22.5 Å². The number of nitrogens with zero attached hydrogens (tertiary/aromatic N) is 3. The lowest BCUT2D eigenvalue weighted by molar-refractivity contribution is -0.139. The summed E-state index contributed by atoms with van der Waals surface area (Å²) in [4.78, 5) is 19.8. The van der Waals surface area contributed by atoms with Gasteiger partial charge in [0.05, 0.1) is 35.6 Å². The highest BCUT2D eigenvalue weighted by Crippen LogP contribution is 2.38. The molecule has 0 aliphatic carbocycles. The van der Waals surface area contributed by atoms with Gasteiger partial charge in [-0.2, -0.15) is 13.2 Å². The van der Waals surface area contributed by atoms with Crippen molar-refractivity contribution in [1.29, 1.82) is 0 Å². The summed E-state index contributed by atoms with van der Waals surface area (Å²) >= 11 is 0. The Labute approximate surface area is 212 Å². The van der Waals surface area contributed by atoms with Gasteiger partial charge in [0.2, 0.25) is 0 Å². The van der Waals surface area contributed by atoms with Crippen LogP contribution in [0.2, 0.25) is 0 Å². The number of carboxylic acids is 1. The summed E-state index contributed by atoms with van der Waals surface area (Å²) in [6.07, 6.45) is -3.37. The molecule has 0 amide bonds. The first-order valence-corrected chi connectivity index (χ1v) is 11.6. The zero-order valence-electron chi connectivity index (χ0n) is 20.6. The molecular weight excluding hydrogens is 489 g/mol. The third-order valence-electron chi connectivity index (χ3n) is 5.59. The van der Waals surface area contributed by atoms with Crippen LogP contribution in [0, 0.1) is 0 Å². The number of aliphatic carboxylic acids is 1. The van der Waals surface area contributed by atoms with E-state index in [2.05, 4.69) is 10.3 Å². The molecule has 0 aliphatic heterocycles. The normalized spacial score (nSPS) is 13.8. The maximum Gasteiger partial charge on any atom is 0.416 e. The number of aromatic nitrogens is 3. The molecule has 1 aromatic carbocycles. The van der Waals surface area contributed by atoms with Crippen molar-refractivity contribution >= 4 is 18.0 Å². The Balaban J connectivity index is 2.20. The monoisotopic (exact) mass is 518 g/mol. The molecule has 0 bridgehead atoms. The molecule has 0 radical (unpaired) electrons. The van der Waals surface area contributed by atoms with Crippen molar-refractivity contribution in [3.05, 3.63) is 60.1 Å². The molecule has 3 aromatic rings. The van der Waals surface area contributed by atoms with E-state index in [1.807, 2.05) is 13.8 Å². The molecule has 0 saturated heterocycles. The summed E-state index contributed by atoms with van der Waals surface area (Å²) in [6, 6.07) is 8.34. The van der Waals surface area contributed by atoms with Crippen molar-refractivity contribution < 1.29 is 33.3 Å². The molecule has 0 aliphatic rings. The average Bonchev–Trinajstić information content (AvgIpc) is 3.21. The van der Waals surface area contributed by atoms with Crippen LogP contribution in [0.1, 0.15) is 44.0 Å². The molecular formula is C26H29F3N4O4. The number of carbonyl (C=O) groups is 1. The van der Waals surface area contributed by atoms with Gasteiger partial charge >= 0.3 is 12.1 Å². The molecule has 3 rings (SSSR count). The van der Waals surface area contributed by atoms with Crippen LogP contribution in [-0.2, 0) is 11.0 Å². The van der Waals surface area contributed by atoms with E-state index in [1.165, 1.54) is 18.3 Å². The first-order chi connectivity index (χ1) is 17.4. The predicted molar refractivity (Wildman–Crippen MR) is 134 cm³/mol. The molecule has 0 saturated carbocycles. The van der Waals surface area contributed by atoms with Crippen LogP contribution in [0.5, 0.6) is 0 Å². The minimum Gasteiger partial charge on any atom is -0.481 e. The molecule has 8 nitrogen and oxygen atoms in total. The number of carboxylic acid groups (broad SMARTS) is 1. The molecule has 2 aromatic heterocycles. The zero-order valence-corrected chi connectivity index (χ0v) is 20.6. The molecule has 0 fully saturated rings. The van der Waals surface area contributed by atoms with Gasteiger partial charge in [-0.05, 0) is 30.3 Å². The number of hydrogen-bond donors (Lipinski definition) is 4. The van der Waals surface area contributed by atoms with E-state index < -0.39 is 36.3 Å². The minimum atomic E-state index is -4.55. The summed E-state index contributed by atoms with van der Waals surface area (Å²) < 4.78 is 42.3. The van der Waals surface area contributed by atoms with E-state index in [-0.39, 0.29) is 17.9 Å². The van der Waals surface area contributed by atoms with Crippen molar-refractivity contribution in [2.45, 2.75) is 51.0 Å². The van der Waals surface area contributed by atoms with Crippen LogP contribution in [0.4, 0.5) is 19.0 Å². The second kappa shape index (κ2) is 11.6. The second-order valence-corrected chi connectivity index (χ2v) is 8.85. The molecule has 198 valence electrons. The molecule has 2 atom stereocenters. The number of anilines is 1. The number of pyridine rings is 1. The number of benzene rings is 1. The van der Waals surface area contributed by atoms with E-state index in [9.17, 15) is 28.2 Å². The van der Waals surface area contributed by atoms with E-state index in [0.29, 0.717) is 28.6 Å². The summed E-state index contributed by atoms with van der Waals surface area (Å²) in [5, 5.41) is 32.0. The van der Waals surface area contributed by atoms with E-state index in [4.69, 9.17) is 10.1 Å². The van der Waals surface area contributed by atoms with Gasteiger partial charge in [0.1, 0.15) is 11.6 Å². The standard InChI is InChI=1S/C26H29F3N4O4/c1-15(2)25-32-23(16-7-9-31-21(12-16)30-3)24(17-5-4-6-18(11-17)26(27,28)29)33(25)10-8-19(34)13-20(35)14-22(36)37/h4-12,15,19-20,34-35H,13-14H2,1-3H3,(H,30,31)(H,36,37)/b10-8+/t19-,20-/m1/s1. The van der Waals surface area contributed by atoms with Crippen LogP contribution in [0.3, 0.4) is 0 Å². The topological polar surface area (TPSA) is 120 Å². The molecule has 0 unspecified atom stereocenters. The number of aliphatic hydroxyl groups excluding tert-OH is 2. The summed E-state index contributed by atoms with van der Waals surface area (Å²) in [5.41, 5.74) is 0.862. The highest BCUT2D eigenvalue weighted by Gasteiger charge is 2.31. The lowest BCUT2D eigenvalue weighted by atomic mass is 10.0. The third kappa shape index (κ3) is 6.95. The van der Waals surface area contributed by atoms with Crippen LogP contribution < -0.4 is 5.32 Å². The van der Waals surface area contributed by atoms with Gasteiger partial charge in [0.25, 0.3) is 0 Å². The van der Waals surface area contributed by atoms with Crippen molar-refractivity contribution in [2.24, 2.45) is 0 Å². The Hall–Kier alpha value is -3.70. The van der Waals surface area contributed by atoms with Gasteiger partial charge in [-0.1, -0.05) is 26.0 Å². The van der Waals surface area contributed by atoms with Crippen molar-refractivity contribution in [3.63, 3.8) is 0 Å². The Kier molecular flexibility index (Phi) is 8.72. The number of hydrogen-bond acceptors (Lipinski definition) is 6. The quantitative estimate of drug-likeness (QED) is 0.303. The third-order valence-corrected chi connectivity index (χ3v) is 5.59. The lowest BCUT2D eigenvalue weighted by Gasteiger charge is -2.14. The van der Waals surface area contributed by atoms with E-state index in [0.717, 1.165) is 12.1 Å². The SMILES string of the molecule is CNc1cc(-c2nc(C(C)C)n(/C=C/[C@@H](O)C[C@@H](O)CC(=O)O)c2-c2cccc(C(F)(F)F)c2)ccn1. The van der Waals surface area contributed by atoms with Gasteiger partial charge in [-0.25, -0.2) is 9.97 Å². The molecule has 0 spiro atoms. The van der Waals surface area contributed by atoms with Gasteiger partial charge < -0.3 is 25.2 Å². The highest BCUT2D eigenvalue weighted by atomic mass is 19.4. The van der Waals surface area contributed by atoms with Crippen LogP contribution in [0.25, 0.3) is 28.7 Å². The minimum absolute atomic E-state index is 0.150. The van der Waals surface area contributed by atoms with E-state index >= 15 is 0 Å². The number of halogens is 3. The lowest BCUT2D eigenvalue weighted by Crippen LogP contribution is -2.19. The highest BCUT2D eigenvalue weighted by molar-refractivity contribution is 5.82. The van der Waals surface area contributed by atoms with Crippen molar-refractivity contribution in [2.75, 3.05) is 12.4 Å². The number of imidazole rings is 1.